The van der Waals surface area contributed by atoms with Gasteiger partial charge in [0, 0.05) is 0 Å². The number of halogens is 1. The van der Waals surface area contributed by atoms with Crippen molar-refractivity contribution in [1.82, 2.24) is 0 Å². The molecule has 0 N–H and O–H groups in total. The molecule has 0 saturated carbocycles. The number of allylic oxidation sites excluding steroid dienone is 3. The van der Waals surface area contributed by atoms with Gasteiger partial charge in [-0.05, 0) is 38.8 Å². The van der Waals surface area contributed by atoms with Crippen LogP contribution in [-0.4, -0.2) is 11.5 Å². The van der Waals surface area contributed by atoms with Gasteiger partial charge in [-0.1, -0.05) is 6.08 Å². The Morgan fingerprint density at radius 3 is 2.75 bits per heavy atom. The Morgan fingerprint density at radius 1 is 1.58 bits per heavy atom. The highest BCUT2D eigenvalue weighted by Crippen LogP contribution is 2.23. The molecule has 0 fully saturated rings. The lowest BCUT2D eigenvalue weighted by atomic mass is 10.1. The van der Waals surface area contributed by atoms with Crippen LogP contribution in [0.15, 0.2) is 23.5 Å². The second-order valence-electron chi connectivity index (χ2n) is 3.39. The zero-order valence-corrected chi connectivity index (χ0v) is 8.56. The Balaban J connectivity index is 2.64. The third-order valence-electron chi connectivity index (χ3n) is 1.74. The van der Waals surface area contributed by atoms with E-state index in [1.54, 1.807) is 0 Å². The number of hydrogen-bond donors (Lipinski definition) is 0. The zero-order chi connectivity index (χ0) is 9.14. The summed E-state index contributed by atoms with van der Waals surface area (Å²) in [5.74, 6) is 0.988. The summed E-state index contributed by atoms with van der Waals surface area (Å²) in [6, 6.07) is 0. The van der Waals surface area contributed by atoms with Crippen molar-refractivity contribution in [3.8, 4) is 0 Å². The van der Waals surface area contributed by atoms with Crippen LogP contribution >= 0.6 is 11.6 Å². The molecule has 1 unspecified atom stereocenters. The van der Waals surface area contributed by atoms with Crippen LogP contribution in [0.2, 0.25) is 0 Å². The maximum atomic E-state index is 5.94. The fourth-order valence-corrected chi connectivity index (χ4v) is 1.49. The summed E-state index contributed by atoms with van der Waals surface area (Å²) >= 11 is 5.94. The van der Waals surface area contributed by atoms with Crippen LogP contribution in [0, 0.1) is 0 Å². The summed E-state index contributed by atoms with van der Waals surface area (Å²) in [5, 5.41) is 0.143. The van der Waals surface area contributed by atoms with E-state index in [1.807, 2.05) is 26.0 Å². The van der Waals surface area contributed by atoms with Crippen molar-refractivity contribution in [1.29, 1.82) is 0 Å². The van der Waals surface area contributed by atoms with E-state index in [0.29, 0.717) is 0 Å². The topological polar surface area (TPSA) is 9.23 Å². The van der Waals surface area contributed by atoms with Crippen LogP contribution in [0.4, 0.5) is 0 Å². The summed E-state index contributed by atoms with van der Waals surface area (Å²) in [6.07, 6.45) is 5.09. The highest BCUT2D eigenvalue weighted by Gasteiger charge is 2.12. The van der Waals surface area contributed by atoms with Gasteiger partial charge < -0.3 is 4.74 Å². The number of rotatable bonds is 2. The van der Waals surface area contributed by atoms with Crippen LogP contribution in [0.25, 0.3) is 0 Å². The Kier molecular flexibility index (Phi) is 3.21. The van der Waals surface area contributed by atoms with E-state index >= 15 is 0 Å². The molecular weight excluding hydrogens is 172 g/mol. The molecule has 0 heterocycles. The first-order valence-corrected chi connectivity index (χ1v) is 4.72. The van der Waals surface area contributed by atoms with E-state index in [9.17, 15) is 0 Å². The second-order valence-corrected chi connectivity index (χ2v) is 3.95. The van der Waals surface area contributed by atoms with Crippen molar-refractivity contribution in [2.45, 2.75) is 38.7 Å². The van der Waals surface area contributed by atoms with Crippen LogP contribution in [0.5, 0.6) is 0 Å². The third kappa shape index (κ3) is 2.56. The molecule has 0 spiro atoms. The monoisotopic (exact) mass is 186 g/mol. The first-order valence-electron chi connectivity index (χ1n) is 4.28. The van der Waals surface area contributed by atoms with E-state index < -0.39 is 0 Å². The van der Waals surface area contributed by atoms with Crippen LogP contribution < -0.4 is 0 Å². The predicted molar refractivity (Wildman–Crippen MR) is 52.3 cm³/mol. The minimum absolute atomic E-state index is 0.143. The van der Waals surface area contributed by atoms with Crippen molar-refractivity contribution in [2.24, 2.45) is 0 Å². The van der Waals surface area contributed by atoms with Gasteiger partial charge in [-0.2, -0.15) is 0 Å². The molecule has 68 valence electrons. The molecule has 0 radical (unpaired) electrons. The Bertz CT molecular complexity index is 216. The van der Waals surface area contributed by atoms with Gasteiger partial charge in [0.2, 0.25) is 0 Å². The molecule has 12 heavy (non-hydrogen) atoms. The van der Waals surface area contributed by atoms with Gasteiger partial charge in [-0.3, -0.25) is 0 Å². The Hall–Kier alpha value is -0.430. The van der Waals surface area contributed by atoms with E-state index in [2.05, 4.69) is 6.92 Å². The highest BCUT2D eigenvalue weighted by atomic mass is 35.5. The van der Waals surface area contributed by atoms with Crippen molar-refractivity contribution >= 4 is 11.6 Å². The maximum absolute atomic E-state index is 5.94. The highest BCUT2D eigenvalue weighted by molar-refractivity contribution is 6.22. The largest absolute Gasteiger partial charge is 0.491 e. The lowest BCUT2D eigenvalue weighted by Crippen LogP contribution is -2.08. The quantitative estimate of drug-likeness (QED) is 0.602. The first-order chi connectivity index (χ1) is 5.59. The smallest absolute Gasteiger partial charge is 0.118 e. The van der Waals surface area contributed by atoms with Gasteiger partial charge in [0.1, 0.15) is 5.76 Å². The molecule has 0 aromatic heterocycles. The fourth-order valence-electron chi connectivity index (χ4n) is 1.19. The number of hydrogen-bond acceptors (Lipinski definition) is 1. The molecular formula is C10H15ClO. The summed E-state index contributed by atoms with van der Waals surface area (Å²) < 4.78 is 5.59. The first kappa shape index (κ1) is 9.66. The van der Waals surface area contributed by atoms with Gasteiger partial charge >= 0.3 is 0 Å². The van der Waals surface area contributed by atoms with E-state index in [1.165, 1.54) is 5.57 Å². The molecule has 0 aromatic rings. The SMILES string of the molecule is CC1=C(OC(C)C)C=CC(Cl)C1. The molecule has 0 aliphatic heterocycles. The normalized spacial score (nSPS) is 23.6. The zero-order valence-electron chi connectivity index (χ0n) is 7.80. The van der Waals surface area contributed by atoms with E-state index in [4.69, 9.17) is 16.3 Å². The summed E-state index contributed by atoms with van der Waals surface area (Å²) in [4.78, 5) is 0. The average molecular weight is 187 g/mol. The van der Waals surface area contributed by atoms with Crippen molar-refractivity contribution in [3.63, 3.8) is 0 Å². The summed E-state index contributed by atoms with van der Waals surface area (Å²) in [6.45, 7) is 6.12. The van der Waals surface area contributed by atoms with Gasteiger partial charge in [-0.25, -0.2) is 0 Å². The van der Waals surface area contributed by atoms with Crippen LogP contribution in [0.3, 0.4) is 0 Å². The van der Waals surface area contributed by atoms with Gasteiger partial charge in [-0.15, -0.1) is 11.6 Å². The van der Waals surface area contributed by atoms with Crippen molar-refractivity contribution < 1.29 is 4.74 Å². The molecule has 1 aliphatic carbocycles. The molecule has 0 saturated heterocycles. The summed E-state index contributed by atoms with van der Waals surface area (Å²) in [5.41, 5.74) is 1.24. The minimum Gasteiger partial charge on any atom is -0.491 e. The number of alkyl halides is 1. The molecule has 1 aliphatic rings. The standard InChI is InChI=1S/C10H15ClO/c1-7(2)12-10-5-4-9(11)6-8(10)3/h4-5,7,9H,6H2,1-3H3. The second kappa shape index (κ2) is 3.99. The molecule has 0 bridgehead atoms. The molecule has 1 rings (SSSR count). The fraction of sp³-hybridized carbons (Fsp3) is 0.600. The average Bonchev–Trinajstić information content (AvgIpc) is 1.94. The maximum Gasteiger partial charge on any atom is 0.118 e. The molecule has 0 aromatic carbocycles. The van der Waals surface area contributed by atoms with Crippen molar-refractivity contribution in [2.75, 3.05) is 0 Å². The van der Waals surface area contributed by atoms with Gasteiger partial charge in [0.15, 0.2) is 0 Å². The lowest BCUT2D eigenvalue weighted by molar-refractivity contribution is 0.153. The van der Waals surface area contributed by atoms with Crippen LogP contribution in [0.1, 0.15) is 27.2 Å². The lowest BCUT2D eigenvalue weighted by Gasteiger charge is -2.18. The molecule has 0 amide bonds. The van der Waals surface area contributed by atoms with E-state index in [-0.39, 0.29) is 11.5 Å². The number of ether oxygens (including phenoxy) is 1. The minimum atomic E-state index is 0.143. The van der Waals surface area contributed by atoms with Crippen LogP contribution in [-0.2, 0) is 4.74 Å². The molecule has 1 atom stereocenters. The Labute approximate surface area is 79.1 Å². The molecule has 2 heteroatoms. The Morgan fingerprint density at radius 2 is 2.25 bits per heavy atom. The third-order valence-corrected chi connectivity index (χ3v) is 2.04. The predicted octanol–water partition coefficient (Wildman–Crippen LogP) is 3.25. The van der Waals surface area contributed by atoms with E-state index in [0.717, 1.165) is 12.2 Å². The summed E-state index contributed by atoms with van der Waals surface area (Å²) in [7, 11) is 0. The van der Waals surface area contributed by atoms with Gasteiger partial charge in [0.05, 0.1) is 11.5 Å². The van der Waals surface area contributed by atoms with Gasteiger partial charge in [0.25, 0.3) is 0 Å². The van der Waals surface area contributed by atoms with Crippen molar-refractivity contribution in [3.05, 3.63) is 23.5 Å². The molecule has 1 nitrogen and oxygen atoms in total.